The second-order valence-corrected chi connectivity index (χ2v) is 2.75. The van der Waals surface area contributed by atoms with Crippen LogP contribution in [0.15, 0.2) is 24.3 Å². The van der Waals surface area contributed by atoms with Crippen LogP contribution in [0.4, 0.5) is 0 Å². The van der Waals surface area contributed by atoms with E-state index in [1.807, 2.05) is 12.1 Å². The first-order valence-corrected chi connectivity index (χ1v) is 3.49. The van der Waals surface area contributed by atoms with Gasteiger partial charge in [-0.05, 0) is 23.6 Å². The monoisotopic (exact) mass is 184 g/mol. The zero-order valence-corrected chi connectivity index (χ0v) is 6.33. The Morgan fingerprint density at radius 2 is 1.31 bits per heavy atom. The Kier molecular flexibility index (Phi) is 10.6. The Morgan fingerprint density at radius 3 is 1.62 bits per heavy atom. The Balaban J connectivity index is -0.000000333. The molecule has 0 bridgehead atoms. The molecule has 78 valence electrons. The van der Waals surface area contributed by atoms with Crippen LogP contribution in [0.5, 0.6) is 5.75 Å². The Morgan fingerprint density at radius 1 is 0.923 bits per heavy atom. The van der Waals surface area contributed by atoms with Crippen LogP contribution in [-0.4, -0.2) is 5.11 Å². The second-order valence-electron chi connectivity index (χ2n) is 2.75. The first-order chi connectivity index (χ1) is 4.70. The zero-order chi connectivity index (χ0) is 7.56. The molecule has 0 unspecified atom stereocenters. The summed E-state index contributed by atoms with van der Waals surface area (Å²) in [6.45, 7) is 4.26. The van der Waals surface area contributed by atoms with Crippen LogP contribution in [0.25, 0.3) is 0 Å². The van der Waals surface area contributed by atoms with Gasteiger partial charge in [-0.3, -0.25) is 0 Å². The molecule has 1 N–H and O–H groups in total. The van der Waals surface area contributed by atoms with Gasteiger partial charge in [-0.25, -0.2) is 0 Å². The van der Waals surface area contributed by atoms with E-state index in [1.54, 1.807) is 12.1 Å². The van der Waals surface area contributed by atoms with E-state index in [1.165, 1.54) is 5.56 Å². The maximum atomic E-state index is 8.94. The van der Waals surface area contributed by atoms with Crippen molar-refractivity contribution >= 4 is 0 Å². The molecule has 1 heteroatoms. The SMILES string of the molecule is C.C.C.CC(C)c1ccc(O)cc1. The van der Waals surface area contributed by atoms with Gasteiger partial charge in [-0.2, -0.15) is 0 Å². The van der Waals surface area contributed by atoms with Gasteiger partial charge in [0.25, 0.3) is 0 Å². The molecule has 1 aromatic rings. The number of hydrogen-bond donors (Lipinski definition) is 1. The van der Waals surface area contributed by atoms with Gasteiger partial charge in [0.15, 0.2) is 0 Å². The molecule has 0 amide bonds. The standard InChI is InChI=1S/C9H12O.3CH4/c1-7(2)8-3-5-9(10)6-4-8;;;/h3-7,10H,1-2H3;3*1H4. The summed E-state index contributed by atoms with van der Waals surface area (Å²) in [7, 11) is 0. The van der Waals surface area contributed by atoms with E-state index in [9.17, 15) is 0 Å². The lowest BCUT2D eigenvalue weighted by Crippen LogP contribution is -1.84. The van der Waals surface area contributed by atoms with Gasteiger partial charge in [0.1, 0.15) is 5.75 Å². The van der Waals surface area contributed by atoms with Gasteiger partial charge in [0.05, 0.1) is 0 Å². The first-order valence-electron chi connectivity index (χ1n) is 3.49. The van der Waals surface area contributed by atoms with Crippen molar-refractivity contribution in [1.29, 1.82) is 0 Å². The summed E-state index contributed by atoms with van der Waals surface area (Å²) in [5.74, 6) is 0.880. The van der Waals surface area contributed by atoms with E-state index in [0.717, 1.165) is 0 Å². The highest BCUT2D eigenvalue weighted by atomic mass is 16.3. The minimum absolute atomic E-state index is 0. The van der Waals surface area contributed by atoms with Crippen molar-refractivity contribution in [2.24, 2.45) is 0 Å². The molecule has 0 fully saturated rings. The fraction of sp³-hybridized carbons (Fsp3) is 0.500. The number of benzene rings is 1. The van der Waals surface area contributed by atoms with Crippen molar-refractivity contribution in [2.45, 2.75) is 42.0 Å². The lowest BCUT2D eigenvalue weighted by molar-refractivity contribution is 0.475. The van der Waals surface area contributed by atoms with Crippen LogP contribution in [0, 0.1) is 0 Å². The average molecular weight is 184 g/mol. The molecule has 1 rings (SSSR count). The highest BCUT2D eigenvalue weighted by Crippen LogP contribution is 2.16. The van der Waals surface area contributed by atoms with E-state index < -0.39 is 0 Å². The molecule has 0 radical (unpaired) electrons. The molecule has 0 aliphatic heterocycles. The molecule has 0 saturated heterocycles. The summed E-state index contributed by atoms with van der Waals surface area (Å²) in [6.07, 6.45) is 0. The van der Waals surface area contributed by atoms with Crippen LogP contribution >= 0.6 is 0 Å². The first kappa shape index (κ1) is 17.9. The molecule has 0 heterocycles. The molecule has 0 spiro atoms. The second kappa shape index (κ2) is 7.66. The summed E-state index contributed by atoms with van der Waals surface area (Å²) in [5.41, 5.74) is 1.26. The molecular weight excluding hydrogens is 160 g/mol. The highest BCUT2D eigenvalue weighted by molar-refractivity contribution is 5.27. The minimum Gasteiger partial charge on any atom is -0.508 e. The minimum atomic E-state index is 0. The molecule has 0 atom stereocenters. The number of phenolic OH excluding ortho intramolecular Hbond substituents is 1. The Hall–Kier alpha value is -0.980. The van der Waals surface area contributed by atoms with Crippen molar-refractivity contribution < 1.29 is 5.11 Å². The predicted octanol–water partition coefficient (Wildman–Crippen LogP) is 4.42. The van der Waals surface area contributed by atoms with Crippen molar-refractivity contribution in [1.82, 2.24) is 0 Å². The third-order valence-corrected chi connectivity index (χ3v) is 1.56. The fourth-order valence-corrected chi connectivity index (χ4v) is 0.859. The van der Waals surface area contributed by atoms with Gasteiger partial charge in [-0.15, -0.1) is 0 Å². The Bertz CT molecular complexity index is 199. The Labute approximate surface area is 83.4 Å². The molecule has 0 saturated carbocycles. The number of aromatic hydroxyl groups is 1. The normalized spacial score (nSPS) is 7.92. The van der Waals surface area contributed by atoms with Crippen LogP contribution in [0.2, 0.25) is 0 Å². The molecule has 13 heavy (non-hydrogen) atoms. The molecule has 0 aromatic heterocycles. The van der Waals surface area contributed by atoms with Crippen LogP contribution in [0.3, 0.4) is 0 Å². The topological polar surface area (TPSA) is 20.2 Å². The van der Waals surface area contributed by atoms with Gasteiger partial charge in [-0.1, -0.05) is 48.3 Å². The number of hydrogen-bond acceptors (Lipinski definition) is 1. The molecular formula is C12H24O. The third-order valence-electron chi connectivity index (χ3n) is 1.56. The summed E-state index contributed by atoms with van der Waals surface area (Å²) in [6, 6.07) is 7.32. The van der Waals surface area contributed by atoms with Gasteiger partial charge >= 0.3 is 0 Å². The van der Waals surface area contributed by atoms with Crippen molar-refractivity contribution in [3.05, 3.63) is 29.8 Å². The lowest BCUT2D eigenvalue weighted by Gasteiger charge is -2.03. The van der Waals surface area contributed by atoms with E-state index in [-0.39, 0.29) is 22.3 Å². The molecule has 1 aromatic carbocycles. The van der Waals surface area contributed by atoms with Crippen LogP contribution < -0.4 is 0 Å². The van der Waals surface area contributed by atoms with E-state index in [4.69, 9.17) is 5.11 Å². The summed E-state index contributed by atoms with van der Waals surface area (Å²) in [4.78, 5) is 0. The van der Waals surface area contributed by atoms with Crippen LogP contribution in [-0.2, 0) is 0 Å². The van der Waals surface area contributed by atoms with Crippen molar-refractivity contribution in [3.63, 3.8) is 0 Å². The van der Waals surface area contributed by atoms with E-state index in [0.29, 0.717) is 11.7 Å². The average Bonchev–Trinajstić information content (AvgIpc) is 1.88. The fourth-order valence-electron chi connectivity index (χ4n) is 0.859. The van der Waals surface area contributed by atoms with Crippen LogP contribution in [0.1, 0.15) is 47.6 Å². The molecule has 0 aliphatic rings. The molecule has 0 aliphatic carbocycles. The predicted molar refractivity (Wildman–Crippen MR) is 62.4 cm³/mol. The molecule has 1 nitrogen and oxygen atoms in total. The van der Waals surface area contributed by atoms with Gasteiger partial charge in [0, 0.05) is 0 Å². The van der Waals surface area contributed by atoms with Gasteiger partial charge in [0.2, 0.25) is 0 Å². The lowest BCUT2D eigenvalue weighted by atomic mass is 10.0. The summed E-state index contributed by atoms with van der Waals surface area (Å²) < 4.78 is 0. The number of rotatable bonds is 1. The third kappa shape index (κ3) is 5.29. The quantitative estimate of drug-likeness (QED) is 0.684. The zero-order valence-electron chi connectivity index (χ0n) is 6.33. The summed E-state index contributed by atoms with van der Waals surface area (Å²) in [5, 5.41) is 8.94. The maximum Gasteiger partial charge on any atom is 0.115 e. The highest BCUT2D eigenvalue weighted by Gasteiger charge is 1.96. The van der Waals surface area contributed by atoms with E-state index >= 15 is 0 Å². The number of phenols is 1. The smallest absolute Gasteiger partial charge is 0.115 e. The van der Waals surface area contributed by atoms with Gasteiger partial charge < -0.3 is 5.11 Å². The van der Waals surface area contributed by atoms with Crippen molar-refractivity contribution in [3.8, 4) is 5.75 Å². The summed E-state index contributed by atoms with van der Waals surface area (Å²) >= 11 is 0. The maximum absolute atomic E-state index is 8.94. The largest absolute Gasteiger partial charge is 0.508 e. The van der Waals surface area contributed by atoms with E-state index in [2.05, 4.69) is 13.8 Å². The van der Waals surface area contributed by atoms with Crippen molar-refractivity contribution in [2.75, 3.05) is 0 Å².